The van der Waals surface area contributed by atoms with E-state index >= 15 is 0 Å². The number of hydrogen-bond donors (Lipinski definition) is 3. The molecule has 1 fully saturated rings. The van der Waals surface area contributed by atoms with Gasteiger partial charge in [-0.25, -0.2) is 0 Å². The summed E-state index contributed by atoms with van der Waals surface area (Å²) in [5.74, 6) is 0.607. The van der Waals surface area contributed by atoms with Crippen molar-refractivity contribution >= 4 is 5.91 Å². The van der Waals surface area contributed by atoms with Crippen LogP contribution in [-0.2, 0) is 11.3 Å². The molecule has 0 bridgehead atoms. The van der Waals surface area contributed by atoms with E-state index in [1.807, 2.05) is 12.1 Å². The lowest BCUT2D eigenvalue weighted by molar-refractivity contribution is -0.122. The van der Waals surface area contributed by atoms with Crippen molar-refractivity contribution in [2.45, 2.75) is 57.2 Å². The smallest absolute Gasteiger partial charge is 0.237 e. The highest BCUT2D eigenvalue weighted by Crippen LogP contribution is 2.40. The van der Waals surface area contributed by atoms with E-state index in [4.69, 9.17) is 5.73 Å². The first-order valence-corrected chi connectivity index (χ1v) is 10.0. The minimum atomic E-state index is -0.423. The molecule has 3 atom stereocenters. The number of carbonyl (C=O) groups is 1. The molecule has 1 aliphatic carbocycles. The van der Waals surface area contributed by atoms with E-state index < -0.39 is 6.04 Å². The first kappa shape index (κ1) is 19.6. The van der Waals surface area contributed by atoms with Crippen LogP contribution in [0.2, 0.25) is 0 Å². The second-order valence-electron chi connectivity index (χ2n) is 7.62. The molecule has 3 unspecified atom stereocenters. The molecule has 0 heterocycles. The van der Waals surface area contributed by atoms with Crippen molar-refractivity contribution in [2.24, 2.45) is 5.73 Å². The summed E-state index contributed by atoms with van der Waals surface area (Å²) < 4.78 is 0. The molecule has 4 N–H and O–H groups in total. The first-order valence-electron chi connectivity index (χ1n) is 10.0. The summed E-state index contributed by atoms with van der Waals surface area (Å²) in [5, 5.41) is 6.55. The van der Waals surface area contributed by atoms with E-state index in [1.54, 1.807) is 0 Å². The van der Waals surface area contributed by atoms with Gasteiger partial charge in [0.1, 0.15) is 0 Å². The minimum Gasteiger partial charge on any atom is -0.351 e. The highest BCUT2D eigenvalue weighted by atomic mass is 16.2. The monoisotopic (exact) mass is 365 g/mol. The van der Waals surface area contributed by atoms with Crippen molar-refractivity contribution in [1.29, 1.82) is 0 Å². The summed E-state index contributed by atoms with van der Waals surface area (Å²) in [7, 11) is 0. The predicted octanol–water partition coefficient (Wildman–Crippen LogP) is 3.25. The van der Waals surface area contributed by atoms with Crippen LogP contribution in [0.15, 0.2) is 54.6 Å². The average Bonchev–Trinajstić information content (AvgIpc) is 3.47. The van der Waals surface area contributed by atoms with E-state index in [0.717, 1.165) is 31.4 Å². The van der Waals surface area contributed by atoms with E-state index in [2.05, 4.69) is 60.0 Å². The Balaban J connectivity index is 1.25. The predicted molar refractivity (Wildman–Crippen MR) is 110 cm³/mol. The molecule has 4 heteroatoms. The zero-order valence-corrected chi connectivity index (χ0v) is 16.2. The van der Waals surface area contributed by atoms with Crippen LogP contribution >= 0.6 is 0 Å². The van der Waals surface area contributed by atoms with Crippen LogP contribution in [0.1, 0.15) is 48.3 Å². The third-order valence-corrected chi connectivity index (χ3v) is 5.29. The second kappa shape index (κ2) is 9.67. The molecule has 0 saturated heterocycles. The fraction of sp³-hybridized carbons (Fsp3) is 0.435. The van der Waals surface area contributed by atoms with Crippen LogP contribution in [0, 0.1) is 6.92 Å². The van der Waals surface area contributed by atoms with Gasteiger partial charge in [0.25, 0.3) is 0 Å². The fourth-order valence-electron chi connectivity index (χ4n) is 3.42. The molecule has 27 heavy (non-hydrogen) atoms. The molecular formula is C23H31N3O. The molecule has 0 spiro atoms. The molecule has 0 aromatic heterocycles. The minimum absolute atomic E-state index is 0.0603. The standard InChI is InChI=1S/C23H31N3O/c1-17-10-12-18(13-11-17)16-26-23(27)21(24)9-5-6-14-25-22-15-20(22)19-7-3-2-4-8-19/h2-4,7-8,10-13,20-22,25H,5-6,9,14-16,24H2,1H3,(H,26,27). The van der Waals surface area contributed by atoms with Crippen LogP contribution in [0.5, 0.6) is 0 Å². The Hall–Kier alpha value is -2.17. The summed E-state index contributed by atoms with van der Waals surface area (Å²) in [6.07, 6.45) is 3.98. The largest absolute Gasteiger partial charge is 0.351 e. The Morgan fingerprint density at radius 3 is 2.59 bits per heavy atom. The Bertz CT molecular complexity index is 714. The number of rotatable bonds is 10. The summed E-state index contributed by atoms with van der Waals surface area (Å²) in [6.45, 7) is 3.58. The van der Waals surface area contributed by atoms with Gasteiger partial charge in [-0.1, -0.05) is 66.6 Å². The zero-order chi connectivity index (χ0) is 19.1. The van der Waals surface area contributed by atoms with Crippen LogP contribution in [0.3, 0.4) is 0 Å². The van der Waals surface area contributed by atoms with Gasteiger partial charge in [-0.3, -0.25) is 4.79 Å². The Labute approximate surface area is 162 Å². The number of carbonyl (C=O) groups excluding carboxylic acids is 1. The van der Waals surface area contributed by atoms with Gasteiger partial charge in [-0.05, 0) is 43.9 Å². The van der Waals surface area contributed by atoms with E-state index in [-0.39, 0.29) is 5.91 Å². The van der Waals surface area contributed by atoms with Crippen molar-refractivity contribution < 1.29 is 4.79 Å². The van der Waals surface area contributed by atoms with Crippen molar-refractivity contribution in [3.63, 3.8) is 0 Å². The molecule has 4 nitrogen and oxygen atoms in total. The second-order valence-corrected chi connectivity index (χ2v) is 7.62. The summed E-state index contributed by atoms with van der Waals surface area (Å²) >= 11 is 0. The number of aryl methyl sites for hydroxylation is 1. The Morgan fingerprint density at radius 1 is 1.11 bits per heavy atom. The number of hydrogen-bond acceptors (Lipinski definition) is 3. The van der Waals surface area contributed by atoms with Gasteiger partial charge in [0.15, 0.2) is 0 Å². The molecule has 1 saturated carbocycles. The molecule has 2 aromatic rings. The maximum Gasteiger partial charge on any atom is 0.237 e. The maximum atomic E-state index is 12.1. The molecule has 0 aliphatic heterocycles. The van der Waals surface area contributed by atoms with Crippen molar-refractivity contribution in [1.82, 2.24) is 10.6 Å². The van der Waals surface area contributed by atoms with Crippen LogP contribution < -0.4 is 16.4 Å². The molecule has 0 radical (unpaired) electrons. The highest BCUT2D eigenvalue weighted by Gasteiger charge is 2.37. The fourth-order valence-corrected chi connectivity index (χ4v) is 3.42. The van der Waals surface area contributed by atoms with Crippen molar-refractivity contribution in [3.8, 4) is 0 Å². The number of unbranched alkanes of at least 4 members (excludes halogenated alkanes) is 1. The van der Waals surface area contributed by atoms with Gasteiger partial charge in [0.05, 0.1) is 6.04 Å². The average molecular weight is 366 g/mol. The third kappa shape index (κ3) is 6.19. The van der Waals surface area contributed by atoms with Crippen molar-refractivity contribution in [3.05, 3.63) is 71.3 Å². The van der Waals surface area contributed by atoms with Crippen molar-refractivity contribution in [2.75, 3.05) is 6.54 Å². The molecule has 2 aromatic carbocycles. The summed E-state index contributed by atoms with van der Waals surface area (Å²) in [6, 6.07) is 19.1. The molecule has 144 valence electrons. The van der Waals surface area contributed by atoms with Gasteiger partial charge in [-0.15, -0.1) is 0 Å². The lowest BCUT2D eigenvalue weighted by Crippen LogP contribution is -2.40. The number of nitrogens with two attached hydrogens (primary N) is 1. The normalized spacial score (nSPS) is 19.5. The molecule has 1 aliphatic rings. The maximum absolute atomic E-state index is 12.1. The van der Waals surface area contributed by atoms with Gasteiger partial charge < -0.3 is 16.4 Å². The SMILES string of the molecule is Cc1ccc(CNC(=O)C(N)CCCCNC2CC2c2ccccc2)cc1. The van der Waals surface area contributed by atoms with Gasteiger partial charge in [0.2, 0.25) is 5.91 Å². The van der Waals surface area contributed by atoms with Gasteiger partial charge in [-0.2, -0.15) is 0 Å². The lowest BCUT2D eigenvalue weighted by Gasteiger charge is -2.12. The lowest BCUT2D eigenvalue weighted by atomic mass is 10.1. The van der Waals surface area contributed by atoms with Gasteiger partial charge >= 0.3 is 0 Å². The summed E-state index contributed by atoms with van der Waals surface area (Å²) in [4.78, 5) is 12.1. The van der Waals surface area contributed by atoms with Crippen LogP contribution in [0.25, 0.3) is 0 Å². The van der Waals surface area contributed by atoms with Gasteiger partial charge in [0, 0.05) is 18.5 Å². The third-order valence-electron chi connectivity index (χ3n) is 5.29. The molecule has 1 amide bonds. The van der Waals surface area contributed by atoms with Crippen LogP contribution in [0.4, 0.5) is 0 Å². The molecule has 3 rings (SSSR count). The Morgan fingerprint density at radius 2 is 1.85 bits per heavy atom. The number of amides is 1. The van der Waals surface area contributed by atoms with E-state index in [9.17, 15) is 4.79 Å². The highest BCUT2D eigenvalue weighted by molar-refractivity contribution is 5.81. The quantitative estimate of drug-likeness (QED) is 0.566. The summed E-state index contributed by atoms with van der Waals surface area (Å²) in [5.41, 5.74) is 9.78. The van der Waals surface area contributed by atoms with Crippen LogP contribution in [-0.4, -0.2) is 24.5 Å². The first-order chi connectivity index (χ1) is 13.1. The number of nitrogens with one attached hydrogen (secondary N) is 2. The zero-order valence-electron chi connectivity index (χ0n) is 16.2. The Kier molecular flexibility index (Phi) is 7.02. The van der Waals surface area contributed by atoms with E-state index in [0.29, 0.717) is 18.5 Å². The van der Waals surface area contributed by atoms with E-state index in [1.165, 1.54) is 17.5 Å². The topological polar surface area (TPSA) is 67.2 Å². The molecular weight excluding hydrogens is 334 g/mol. The number of benzene rings is 2.